The van der Waals surface area contributed by atoms with Gasteiger partial charge in [-0.1, -0.05) is 0 Å². The quantitative estimate of drug-likeness (QED) is 0.601. The molecule has 0 heterocycles. The van der Waals surface area contributed by atoms with Crippen molar-refractivity contribution in [3.05, 3.63) is 0 Å². The highest BCUT2D eigenvalue weighted by Gasteiger charge is 2.02. The van der Waals surface area contributed by atoms with E-state index in [4.69, 9.17) is 0 Å². The first-order valence-electron chi connectivity index (χ1n) is 7.89. The van der Waals surface area contributed by atoms with Gasteiger partial charge in [-0.3, -0.25) is 4.79 Å². The summed E-state index contributed by atoms with van der Waals surface area (Å²) in [5.74, 6) is 0.189. The third-order valence-corrected chi connectivity index (χ3v) is 3.13. The lowest BCUT2D eigenvalue weighted by molar-refractivity contribution is -0.128. The summed E-state index contributed by atoms with van der Waals surface area (Å²) in [6.07, 6.45) is 0.611. The molecule has 1 amide bonds. The van der Waals surface area contributed by atoms with E-state index in [0.29, 0.717) is 6.42 Å². The predicted octanol–water partition coefficient (Wildman–Crippen LogP) is 0.0677. The molecule has 0 N–H and O–H groups in total. The summed E-state index contributed by atoms with van der Waals surface area (Å²) < 4.78 is 0. The molecule has 0 aliphatic heterocycles. The Labute approximate surface area is 138 Å². The Hall–Kier alpha value is -0.690. The van der Waals surface area contributed by atoms with Crippen LogP contribution in [0.3, 0.4) is 0 Å². The van der Waals surface area contributed by atoms with Crippen LogP contribution in [0.5, 0.6) is 0 Å². The SMILES string of the molecule is CN(C)CCC(=O)N(C)C.CN(C)CCN(C)CCN(C)C. The summed E-state index contributed by atoms with van der Waals surface area (Å²) in [6, 6.07) is 0. The van der Waals surface area contributed by atoms with Crippen molar-refractivity contribution in [1.29, 1.82) is 0 Å². The van der Waals surface area contributed by atoms with Gasteiger partial charge in [0.1, 0.15) is 0 Å². The summed E-state index contributed by atoms with van der Waals surface area (Å²) in [4.78, 5) is 21.4. The molecule has 134 valence electrons. The lowest BCUT2D eigenvalue weighted by Gasteiger charge is -2.20. The molecule has 6 heteroatoms. The fourth-order valence-electron chi connectivity index (χ4n) is 1.40. The summed E-state index contributed by atoms with van der Waals surface area (Å²) in [6.45, 7) is 5.42. The molecular weight excluding hydrogens is 278 g/mol. The first-order valence-corrected chi connectivity index (χ1v) is 7.89. The normalized spacial score (nSPS) is 11.1. The lowest BCUT2D eigenvalue weighted by atomic mass is 10.4. The van der Waals surface area contributed by atoms with E-state index < -0.39 is 0 Å². The number of amides is 1. The van der Waals surface area contributed by atoms with E-state index >= 15 is 0 Å². The monoisotopic (exact) mass is 317 g/mol. The molecule has 0 saturated heterocycles. The maximum absolute atomic E-state index is 10.9. The van der Waals surface area contributed by atoms with Crippen LogP contribution in [0.4, 0.5) is 0 Å². The Morgan fingerprint density at radius 1 is 0.591 bits per heavy atom. The highest BCUT2D eigenvalue weighted by Crippen LogP contribution is 1.88. The molecule has 0 unspecified atom stereocenters. The summed E-state index contributed by atoms with van der Waals surface area (Å²) in [7, 11) is 18.1. The molecule has 0 aliphatic carbocycles. The molecule has 0 spiro atoms. The van der Waals surface area contributed by atoms with E-state index in [-0.39, 0.29) is 5.91 Å². The predicted molar refractivity (Wildman–Crippen MR) is 96.5 cm³/mol. The number of likely N-dealkylation sites (N-methyl/N-ethyl adjacent to an activating group) is 3. The summed E-state index contributed by atoms with van der Waals surface area (Å²) in [5.41, 5.74) is 0. The molecular formula is C16H39N5O. The fourth-order valence-corrected chi connectivity index (χ4v) is 1.40. The van der Waals surface area contributed by atoms with Crippen molar-refractivity contribution in [3.8, 4) is 0 Å². The van der Waals surface area contributed by atoms with Gasteiger partial charge in [0.15, 0.2) is 0 Å². The molecule has 0 radical (unpaired) electrons. The van der Waals surface area contributed by atoms with E-state index in [2.05, 4.69) is 49.9 Å². The lowest BCUT2D eigenvalue weighted by Crippen LogP contribution is -2.33. The Morgan fingerprint density at radius 3 is 1.23 bits per heavy atom. The standard InChI is InChI=1S/C9H23N3.C7H16N2O/c1-10(2)6-8-12(5)9-7-11(3)4;1-8(2)6-5-7(10)9(3)4/h6-9H2,1-5H3;5-6H2,1-4H3. The fraction of sp³-hybridized carbons (Fsp3) is 0.938. The molecule has 0 aromatic heterocycles. The second-order valence-electron chi connectivity index (χ2n) is 6.75. The molecule has 0 aromatic carbocycles. The zero-order valence-corrected chi connectivity index (χ0v) is 16.4. The van der Waals surface area contributed by atoms with Gasteiger partial charge in [-0.25, -0.2) is 0 Å². The van der Waals surface area contributed by atoms with Crippen LogP contribution in [-0.4, -0.2) is 127 Å². The van der Waals surface area contributed by atoms with Crippen molar-refractivity contribution >= 4 is 5.91 Å². The minimum atomic E-state index is 0.189. The summed E-state index contributed by atoms with van der Waals surface area (Å²) in [5, 5.41) is 0. The van der Waals surface area contributed by atoms with Crippen molar-refractivity contribution in [2.75, 3.05) is 96.2 Å². The van der Waals surface area contributed by atoms with E-state index in [1.54, 1.807) is 19.0 Å². The van der Waals surface area contributed by atoms with Gasteiger partial charge in [-0.05, 0) is 49.3 Å². The third kappa shape index (κ3) is 19.3. The molecule has 0 fully saturated rings. The summed E-state index contributed by atoms with van der Waals surface area (Å²) >= 11 is 0. The Kier molecular flexibility index (Phi) is 14.9. The number of carbonyl (C=O) groups excluding carboxylic acids is 1. The number of hydrogen-bond acceptors (Lipinski definition) is 5. The van der Waals surface area contributed by atoms with Crippen molar-refractivity contribution in [1.82, 2.24) is 24.5 Å². The van der Waals surface area contributed by atoms with Gasteiger partial charge in [0.05, 0.1) is 0 Å². The van der Waals surface area contributed by atoms with Crippen molar-refractivity contribution in [3.63, 3.8) is 0 Å². The number of rotatable bonds is 9. The maximum Gasteiger partial charge on any atom is 0.223 e. The molecule has 0 aliphatic rings. The Morgan fingerprint density at radius 2 is 0.955 bits per heavy atom. The molecule has 0 atom stereocenters. The molecule has 22 heavy (non-hydrogen) atoms. The van der Waals surface area contributed by atoms with Gasteiger partial charge in [0.2, 0.25) is 5.91 Å². The topological polar surface area (TPSA) is 33.3 Å². The van der Waals surface area contributed by atoms with Crippen LogP contribution < -0.4 is 0 Å². The first kappa shape index (κ1) is 23.6. The number of carbonyl (C=O) groups is 1. The van der Waals surface area contributed by atoms with Crippen LogP contribution in [0.2, 0.25) is 0 Å². The highest BCUT2D eigenvalue weighted by molar-refractivity contribution is 5.75. The van der Waals surface area contributed by atoms with Crippen LogP contribution in [0, 0.1) is 0 Å². The smallest absolute Gasteiger partial charge is 0.223 e. The van der Waals surface area contributed by atoms with Crippen LogP contribution in [0.15, 0.2) is 0 Å². The Bertz CT molecular complexity index is 255. The van der Waals surface area contributed by atoms with Crippen molar-refractivity contribution in [2.24, 2.45) is 0 Å². The average molecular weight is 318 g/mol. The van der Waals surface area contributed by atoms with E-state index in [1.165, 1.54) is 0 Å². The minimum Gasteiger partial charge on any atom is -0.349 e. The van der Waals surface area contributed by atoms with Crippen molar-refractivity contribution < 1.29 is 4.79 Å². The second kappa shape index (κ2) is 13.9. The molecule has 0 rings (SSSR count). The van der Waals surface area contributed by atoms with Gasteiger partial charge in [0.25, 0.3) is 0 Å². The van der Waals surface area contributed by atoms with Gasteiger partial charge >= 0.3 is 0 Å². The third-order valence-electron chi connectivity index (χ3n) is 3.13. The molecule has 6 nitrogen and oxygen atoms in total. The number of nitrogens with zero attached hydrogens (tertiary/aromatic N) is 5. The zero-order valence-electron chi connectivity index (χ0n) is 16.4. The Balaban J connectivity index is 0. The minimum absolute atomic E-state index is 0.189. The van der Waals surface area contributed by atoms with Crippen LogP contribution >= 0.6 is 0 Å². The van der Waals surface area contributed by atoms with E-state index in [9.17, 15) is 4.79 Å². The van der Waals surface area contributed by atoms with Gasteiger partial charge in [-0.2, -0.15) is 0 Å². The number of hydrogen-bond donors (Lipinski definition) is 0. The average Bonchev–Trinajstić information content (AvgIpc) is 2.40. The first-order chi connectivity index (χ1) is 10.1. The van der Waals surface area contributed by atoms with Crippen LogP contribution in [-0.2, 0) is 4.79 Å². The second-order valence-corrected chi connectivity index (χ2v) is 6.75. The van der Waals surface area contributed by atoms with E-state index in [1.807, 2.05) is 19.0 Å². The van der Waals surface area contributed by atoms with Crippen LogP contribution in [0.25, 0.3) is 0 Å². The van der Waals surface area contributed by atoms with Crippen LogP contribution in [0.1, 0.15) is 6.42 Å². The molecule has 0 bridgehead atoms. The zero-order chi connectivity index (χ0) is 17.7. The maximum atomic E-state index is 10.9. The van der Waals surface area contributed by atoms with E-state index in [0.717, 1.165) is 32.7 Å². The van der Waals surface area contributed by atoms with Gasteiger partial charge < -0.3 is 24.5 Å². The van der Waals surface area contributed by atoms with Crippen molar-refractivity contribution in [2.45, 2.75) is 6.42 Å². The molecule has 0 aromatic rings. The molecule has 0 saturated carbocycles. The highest BCUT2D eigenvalue weighted by atomic mass is 16.2. The van der Waals surface area contributed by atoms with Gasteiger partial charge in [0, 0.05) is 53.2 Å². The largest absolute Gasteiger partial charge is 0.349 e. The van der Waals surface area contributed by atoms with Gasteiger partial charge in [-0.15, -0.1) is 0 Å².